The van der Waals surface area contributed by atoms with Gasteiger partial charge in [-0.25, -0.2) is 0 Å². The summed E-state index contributed by atoms with van der Waals surface area (Å²) in [5.41, 5.74) is 0.548. The maximum absolute atomic E-state index is 11.6. The summed E-state index contributed by atoms with van der Waals surface area (Å²) in [5, 5.41) is 0. The van der Waals surface area contributed by atoms with Crippen LogP contribution >= 0.6 is 31.9 Å². The number of rotatable bonds is 4. The molecule has 0 spiro atoms. The van der Waals surface area contributed by atoms with E-state index in [1.807, 2.05) is 12.1 Å². The minimum absolute atomic E-state index is 0.0377. The van der Waals surface area contributed by atoms with E-state index in [-0.39, 0.29) is 5.78 Å². The number of benzene rings is 2. The number of methoxy groups -OCH3 is 1. The highest BCUT2D eigenvalue weighted by Gasteiger charge is 2.12. The SMILES string of the molecule is COc1cc(Br)c(Oc2ccccc2C(C)=O)cc1Br. The molecule has 0 unspecified atom stereocenters. The van der Waals surface area contributed by atoms with Gasteiger partial charge in [-0.1, -0.05) is 12.1 Å². The maximum atomic E-state index is 11.6. The fourth-order valence-electron chi connectivity index (χ4n) is 1.71. The van der Waals surface area contributed by atoms with E-state index >= 15 is 0 Å². The van der Waals surface area contributed by atoms with E-state index in [9.17, 15) is 4.79 Å². The topological polar surface area (TPSA) is 35.5 Å². The Kier molecular flexibility index (Phi) is 4.83. The molecule has 0 saturated heterocycles. The summed E-state index contributed by atoms with van der Waals surface area (Å²) >= 11 is 6.84. The van der Waals surface area contributed by atoms with E-state index in [2.05, 4.69) is 31.9 Å². The highest BCUT2D eigenvalue weighted by atomic mass is 79.9. The van der Waals surface area contributed by atoms with E-state index in [1.54, 1.807) is 31.4 Å². The summed E-state index contributed by atoms with van der Waals surface area (Å²) in [6.45, 7) is 1.52. The largest absolute Gasteiger partial charge is 0.496 e. The van der Waals surface area contributed by atoms with Crippen LogP contribution in [0.3, 0.4) is 0 Å². The predicted octanol–water partition coefficient (Wildman–Crippen LogP) is 5.22. The quantitative estimate of drug-likeness (QED) is 0.661. The van der Waals surface area contributed by atoms with E-state index in [4.69, 9.17) is 9.47 Å². The van der Waals surface area contributed by atoms with E-state index in [0.717, 1.165) is 8.95 Å². The van der Waals surface area contributed by atoms with Crippen molar-refractivity contribution in [2.45, 2.75) is 6.92 Å². The van der Waals surface area contributed by atoms with Gasteiger partial charge in [0.2, 0.25) is 0 Å². The fourth-order valence-corrected chi connectivity index (χ4v) is 2.60. The number of hydrogen-bond acceptors (Lipinski definition) is 3. The van der Waals surface area contributed by atoms with Gasteiger partial charge in [-0.05, 0) is 63.0 Å². The average Bonchev–Trinajstić information content (AvgIpc) is 2.42. The molecule has 0 radical (unpaired) electrons. The summed E-state index contributed by atoms with van der Waals surface area (Å²) in [6, 6.07) is 10.7. The summed E-state index contributed by atoms with van der Waals surface area (Å²) in [5.74, 6) is 1.79. The van der Waals surface area contributed by atoms with Gasteiger partial charge in [-0.15, -0.1) is 0 Å². The summed E-state index contributed by atoms with van der Waals surface area (Å²) in [7, 11) is 1.60. The first-order valence-electron chi connectivity index (χ1n) is 5.83. The standard InChI is InChI=1S/C15H12Br2O3/c1-9(18)10-5-3-4-6-13(10)20-15-8-11(16)14(19-2)7-12(15)17/h3-8H,1-2H3. The zero-order chi connectivity index (χ0) is 14.7. The van der Waals surface area contributed by atoms with Crippen molar-refractivity contribution in [3.05, 3.63) is 50.9 Å². The third-order valence-corrected chi connectivity index (χ3v) is 3.93. The number of carbonyl (C=O) groups is 1. The lowest BCUT2D eigenvalue weighted by molar-refractivity contribution is 0.101. The van der Waals surface area contributed by atoms with Crippen molar-refractivity contribution >= 4 is 37.6 Å². The molecule has 104 valence electrons. The van der Waals surface area contributed by atoms with Gasteiger partial charge < -0.3 is 9.47 Å². The number of carbonyl (C=O) groups excluding carboxylic acids is 1. The molecule has 0 aliphatic rings. The van der Waals surface area contributed by atoms with Crippen LogP contribution in [0.25, 0.3) is 0 Å². The minimum Gasteiger partial charge on any atom is -0.496 e. The lowest BCUT2D eigenvalue weighted by atomic mass is 10.1. The molecule has 0 amide bonds. The van der Waals surface area contributed by atoms with Crippen molar-refractivity contribution in [1.82, 2.24) is 0 Å². The average molecular weight is 400 g/mol. The van der Waals surface area contributed by atoms with Gasteiger partial charge in [0.15, 0.2) is 5.78 Å². The second-order valence-electron chi connectivity index (χ2n) is 4.07. The molecule has 2 rings (SSSR count). The zero-order valence-electron chi connectivity index (χ0n) is 10.9. The molecule has 0 atom stereocenters. The van der Waals surface area contributed by atoms with Crippen LogP contribution in [0.15, 0.2) is 45.3 Å². The van der Waals surface area contributed by atoms with Crippen molar-refractivity contribution in [3.8, 4) is 17.2 Å². The highest BCUT2D eigenvalue weighted by molar-refractivity contribution is 9.11. The molecule has 0 saturated carbocycles. The molecule has 0 fully saturated rings. The van der Waals surface area contributed by atoms with Crippen LogP contribution in [0.2, 0.25) is 0 Å². The van der Waals surface area contributed by atoms with Gasteiger partial charge >= 0.3 is 0 Å². The molecule has 3 nitrogen and oxygen atoms in total. The first kappa shape index (κ1) is 15.1. The van der Waals surface area contributed by atoms with Crippen LogP contribution in [0.5, 0.6) is 17.2 Å². The van der Waals surface area contributed by atoms with Gasteiger partial charge in [-0.2, -0.15) is 0 Å². The lowest BCUT2D eigenvalue weighted by Crippen LogP contribution is -1.97. The Morgan fingerprint density at radius 1 is 1.00 bits per heavy atom. The predicted molar refractivity (Wildman–Crippen MR) is 84.9 cm³/mol. The molecule has 0 aliphatic carbocycles. The van der Waals surface area contributed by atoms with Crippen molar-refractivity contribution in [1.29, 1.82) is 0 Å². The van der Waals surface area contributed by atoms with E-state index < -0.39 is 0 Å². The Morgan fingerprint density at radius 3 is 2.25 bits per heavy atom. The van der Waals surface area contributed by atoms with Gasteiger partial charge in [0.1, 0.15) is 17.2 Å². The van der Waals surface area contributed by atoms with Crippen LogP contribution in [0, 0.1) is 0 Å². The second-order valence-corrected chi connectivity index (χ2v) is 5.78. The van der Waals surface area contributed by atoms with Gasteiger partial charge in [-0.3, -0.25) is 4.79 Å². The Balaban J connectivity index is 2.40. The van der Waals surface area contributed by atoms with Crippen LogP contribution in [0.1, 0.15) is 17.3 Å². The normalized spacial score (nSPS) is 10.2. The van der Waals surface area contributed by atoms with Crippen LogP contribution < -0.4 is 9.47 Å². The first-order valence-corrected chi connectivity index (χ1v) is 7.42. The molecule has 0 aromatic heterocycles. The maximum Gasteiger partial charge on any atom is 0.163 e. The molecule has 2 aromatic carbocycles. The lowest BCUT2D eigenvalue weighted by Gasteiger charge is -2.12. The van der Waals surface area contributed by atoms with Crippen LogP contribution in [-0.4, -0.2) is 12.9 Å². The number of hydrogen-bond donors (Lipinski definition) is 0. The third kappa shape index (κ3) is 3.22. The molecular formula is C15H12Br2O3. The molecule has 2 aromatic rings. The van der Waals surface area contributed by atoms with Crippen molar-refractivity contribution in [2.75, 3.05) is 7.11 Å². The number of halogens is 2. The Bertz CT molecular complexity index is 654. The number of para-hydroxylation sites is 1. The van der Waals surface area contributed by atoms with Gasteiger partial charge in [0, 0.05) is 0 Å². The Hall–Kier alpha value is -1.33. The zero-order valence-corrected chi connectivity index (χ0v) is 14.1. The number of ketones is 1. The van der Waals surface area contributed by atoms with Crippen LogP contribution in [-0.2, 0) is 0 Å². The smallest absolute Gasteiger partial charge is 0.163 e. The first-order chi connectivity index (χ1) is 9.52. The van der Waals surface area contributed by atoms with E-state index in [1.165, 1.54) is 6.92 Å². The number of Topliss-reactive ketones (excluding diaryl/α,β-unsaturated/α-hetero) is 1. The summed E-state index contributed by atoms with van der Waals surface area (Å²) in [4.78, 5) is 11.6. The highest BCUT2D eigenvalue weighted by Crippen LogP contribution is 2.38. The monoisotopic (exact) mass is 398 g/mol. The molecule has 0 aliphatic heterocycles. The third-order valence-electron chi connectivity index (χ3n) is 2.69. The second kappa shape index (κ2) is 6.41. The van der Waals surface area contributed by atoms with Gasteiger partial charge in [0.25, 0.3) is 0 Å². The molecule has 5 heteroatoms. The molecule has 0 heterocycles. The van der Waals surface area contributed by atoms with Crippen molar-refractivity contribution < 1.29 is 14.3 Å². The van der Waals surface area contributed by atoms with Gasteiger partial charge in [0.05, 0.1) is 21.6 Å². The minimum atomic E-state index is -0.0377. The fraction of sp³-hybridized carbons (Fsp3) is 0.133. The summed E-state index contributed by atoms with van der Waals surface area (Å²) in [6.07, 6.45) is 0. The molecular weight excluding hydrogens is 388 g/mol. The van der Waals surface area contributed by atoms with E-state index in [0.29, 0.717) is 22.8 Å². The Labute approximate surface area is 134 Å². The molecule has 0 bridgehead atoms. The molecule has 20 heavy (non-hydrogen) atoms. The Morgan fingerprint density at radius 2 is 1.60 bits per heavy atom. The van der Waals surface area contributed by atoms with Crippen molar-refractivity contribution in [3.63, 3.8) is 0 Å². The van der Waals surface area contributed by atoms with Crippen LogP contribution in [0.4, 0.5) is 0 Å². The van der Waals surface area contributed by atoms with Crippen molar-refractivity contribution in [2.24, 2.45) is 0 Å². The number of ether oxygens (including phenoxy) is 2. The molecule has 0 N–H and O–H groups in total. The summed E-state index contributed by atoms with van der Waals surface area (Å²) < 4.78 is 12.6.